The first-order valence-electron chi connectivity index (χ1n) is 8.27. The van der Waals surface area contributed by atoms with Crippen LogP contribution < -0.4 is 10.6 Å². The van der Waals surface area contributed by atoms with E-state index in [1.54, 1.807) is 0 Å². The van der Waals surface area contributed by atoms with Crippen molar-refractivity contribution >= 4 is 6.03 Å². The maximum Gasteiger partial charge on any atom is 0.315 e. The number of carbonyl (C=O) groups excluding carboxylic acids is 1. The van der Waals surface area contributed by atoms with Gasteiger partial charge in [0.2, 0.25) is 0 Å². The molecule has 132 valence electrons. The molecule has 2 atom stereocenters. The van der Waals surface area contributed by atoms with E-state index in [-0.39, 0.29) is 12.6 Å². The average molecular weight is 346 g/mol. The summed E-state index contributed by atoms with van der Waals surface area (Å²) < 4.78 is 27.3. The Morgan fingerprint density at radius 2 is 1.72 bits per heavy atom. The summed E-state index contributed by atoms with van der Waals surface area (Å²) in [5.74, 6) is -1.29. The van der Waals surface area contributed by atoms with E-state index in [1.165, 1.54) is 6.07 Å². The number of urea groups is 1. The zero-order valence-electron chi connectivity index (χ0n) is 13.6. The Morgan fingerprint density at radius 3 is 2.32 bits per heavy atom. The predicted molar refractivity (Wildman–Crippen MR) is 89.8 cm³/mol. The number of hydrogen-bond acceptors (Lipinski definition) is 2. The fraction of sp³-hybridized carbons (Fsp3) is 0.316. The molecule has 1 aliphatic carbocycles. The molecule has 0 heterocycles. The van der Waals surface area contributed by atoms with Gasteiger partial charge in [-0.1, -0.05) is 36.4 Å². The molecule has 2 unspecified atom stereocenters. The van der Waals surface area contributed by atoms with Crippen LogP contribution in [0.4, 0.5) is 13.6 Å². The molecule has 0 radical (unpaired) electrons. The highest BCUT2D eigenvalue weighted by atomic mass is 19.1. The fourth-order valence-corrected chi connectivity index (χ4v) is 2.88. The Morgan fingerprint density at radius 1 is 1.08 bits per heavy atom. The lowest BCUT2D eigenvalue weighted by Crippen LogP contribution is -2.40. The molecule has 2 aromatic rings. The van der Waals surface area contributed by atoms with Gasteiger partial charge in [0.25, 0.3) is 0 Å². The lowest BCUT2D eigenvalue weighted by atomic mass is 10.0. The highest BCUT2D eigenvalue weighted by molar-refractivity contribution is 5.74. The molecule has 2 amide bonds. The van der Waals surface area contributed by atoms with Gasteiger partial charge in [0, 0.05) is 6.54 Å². The summed E-state index contributed by atoms with van der Waals surface area (Å²) in [6, 6.07) is 12.4. The molecule has 1 saturated carbocycles. The van der Waals surface area contributed by atoms with Gasteiger partial charge in [0.05, 0.1) is 11.6 Å². The molecule has 3 N–H and O–H groups in total. The Bertz CT molecular complexity index is 715. The zero-order chi connectivity index (χ0) is 17.8. The molecule has 0 spiro atoms. The second-order valence-corrected chi connectivity index (χ2v) is 6.23. The van der Waals surface area contributed by atoms with Crippen molar-refractivity contribution in [2.24, 2.45) is 5.92 Å². The Kier molecular flexibility index (Phi) is 5.28. The SMILES string of the molecule is O=C(NCC(O)c1c(F)cccc1F)NC(c1ccccc1)C1CC1. The van der Waals surface area contributed by atoms with Crippen molar-refractivity contribution in [2.75, 3.05) is 6.54 Å². The third-order valence-corrected chi connectivity index (χ3v) is 4.33. The van der Waals surface area contributed by atoms with Gasteiger partial charge in [-0.05, 0) is 36.5 Å². The molecule has 4 nitrogen and oxygen atoms in total. The number of hydrogen-bond donors (Lipinski definition) is 3. The maximum absolute atomic E-state index is 13.6. The van der Waals surface area contributed by atoms with Gasteiger partial charge in [-0.25, -0.2) is 13.6 Å². The first-order chi connectivity index (χ1) is 12.1. The van der Waals surface area contributed by atoms with E-state index in [9.17, 15) is 18.7 Å². The van der Waals surface area contributed by atoms with E-state index in [0.29, 0.717) is 5.92 Å². The predicted octanol–water partition coefficient (Wildman–Crippen LogP) is 3.45. The van der Waals surface area contributed by atoms with Crippen molar-refractivity contribution in [1.82, 2.24) is 10.6 Å². The topological polar surface area (TPSA) is 61.4 Å². The number of aliphatic hydroxyl groups excluding tert-OH is 1. The first kappa shape index (κ1) is 17.4. The molecule has 0 aliphatic heterocycles. The second-order valence-electron chi connectivity index (χ2n) is 6.23. The minimum atomic E-state index is -1.46. The average Bonchev–Trinajstić information content (AvgIpc) is 3.43. The van der Waals surface area contributed by atoms with Crippen molar-refractivity contribution in [3.63, 3.8) is 0 Å². The third-order valence-electron chi connectivity index (χ3n) is 4.33. The van der Waals surface area contributed by atoms with Crippen molar-refractivity contribution in [2.45, 2.75) is 25.0 Å². The lowest BCUT2D eigenvalue weighted by Gasteiger charge is -2.20. The minimum Gasteiger partial charge on any atom is -0.386 e. The van der Waals surface area contributed by atoms with Crippen LogP contribution in [0.2, 0.25) is 0 Å². The standard InChI is InChI=1S/C19H20F2N2O2/c20-14-7-4-8-15(21)17(14)16(24)11-22-19(25)23-18(13-9-10-13)12-5-2-1-3-6-12/h1-8,13,16,18,24H,9-11H2,(H2,22,23,25). The van der Waals surface area contributed by atoms with Crippen LogP contribution in [-0.4, -0.2) is 17.7 Å². The van der Waals surface area contributed by atoms with Gasteiger partial charge in [0.1, 0.15) is 17.7 Å². The third kappa shape index (κ3) is 4.33. The number of rotatable bonds is 6. The lowest BCUT2D eigenvalue weighted by molar-refractivity contribution is 0.163. The van der Waals surface area contributed by atoms with Crippen LogP contribution in [0.3, 0.4) is 0 Å². The van der Waals surface area contributed by atoms with E-state index in [4.69, 9.17) is 0 Å². The largest absolute Gasteiger partial charge is 0.386 e. The van der Waals surface area contributed by atoms with Crippen LogP contribution >= 0.6 is 0 Å². The number of amides is 2. The summed E-state index contributed by atoms with van der Waals surface area (Å²) in [6.45, 7) is -0.282. The summed E-state index contributed by atoms with van der Waals surface area (Å²) >= 11 is 0. The molecule has 3 rings (SSSR count). The molecule has 25 heavy (non-hydrogen) atoms. The molecule has 2 aromatic carbocycles. The number of aliphatic hydroxyl groups is 1. The summed E-state index contributed by atoms with van der Waals surface area (Å²) in [4.78, 5) is 12.1. The van der Waals surface area contributed by atoms with Crippen LogP contribution in [0.5, 0.6) is 0 Å². The Balaban J connectivity index is 1.59. The molecular weight excluding hydrogens is 326 g/mol. The van der Waals surface area contributed by atoms with E-state index < -0.39 is 29.3 Å². The van der Waals surface area contributed by atoms with Crippen LogP contribution in [0, 0.1) is 17.6 Å². The van der Waals surface area contributed by atoms with Gasteiger partial charge in [-0.15, -0.1) is 0 Å². The van der Waals surface area contributed by atoms with Crippen LogP contribution in [0.1, 0.15) is 36.1 Å². The van der Waals surface area contributed by atoms with Gasteiger partial charge in [-0.2, -0.15) is 0 Å². The van der Waals surface area contributed by atoms with Crippen LogP contribution in [-0.2, 0) is 0 Å². The summed E-state index contributed by atoms with van der Waals surface area (Å²) in [7, 11) is 0. The molecule has 0 bridgehead atoms. The zero-order valence-corrected chi connectivity index (χ0v) is 13.6. The van der Waals surface area contributed by atoms with E-state index >= 15 is 0 Å². The fourth-order valence-electron chi connectivity index (χ4n) is 2.88. The molecular formula is C19H20F2N2O2. The van der Waals surface area contributed by atoms with Crippen molar-refractivity contribution < 1.29 is 18.7 Å². The van der Waals surface area contributed by atoms with Crippen LogP contribution in [0.15, 0.2) is 48.5 Å². The summed E-state index contributed by atoms with van der Waals surface area (Å²) in [5, 5.41) is 15.3. The smallest absolute Gasteiger partial charge is 0.315 e. The highest BCUT2D eigenvalue weighted by Gasteiger charge is 2.33. The summed E-state index contributed by atoms with van der Waals surface area (Å²) in [6.07, 6.45) is 0.634. The minimum absolute atomic E-state index is 0.108. The molecule has 0 saturated heterocycles. The van der Waals surface area contributed by atoms with Gasteiger partial charge < -0.3 is 15.7 Å². The van der Waals surface area contributed by atoms with E-state index in [2.05, 4.69) is 10.6 Å². The quantitative estimate of drug-likeness (QED) is 0.750. The highest BCUT2D eigenvalue weighted by Crippen LogP contribution is 2.40. The molecule has 6 heteroatoms. The monoisotopic (exact) mass is 346 g/mol. The molecule has 1 aliphatic rings. The number of nitrogens with one attached hydrogen (secondary N) is 2. The van der Waals surface area contributed by atoms with Crippen LogP contribution in [0.25, 0.3) is 0 Å². The van der Waals surface area contributed by atoms with Gasteiger partial charge >= 0.3 is 6.03 Å². The molecule has 0 aromatic heterocycles. The van der Waals surface area contributed by atoms with Crippen molar-refractivity contribution in [3.05, 3.63) is 71.3 Å². The number of halogens is 2. The number of carbonyl (C=O) groups is 1. The van der Waals surface area contributed by atoms with Gasteiger partial charge in [-0.3, -0.25) is 0 Å². The number of benzene rings is 2. The van der Waals surface area contributed by atoms with Crippen molar-refractivity contribution in [3.8, 4) is 0 Å². The maximum atomic E-state index is 13.6. The van der Waals surface area contributed by atoms with E-state index in [1.807, 2.05) is 30.3 Å². The van der Waals surface area contributed by atoms with E-state index in [0.717, 1.165) is 30.5 Å². The molecule has 1 fully saturated rings. The Labute approximate surface area is 144 Å². The van der Waals surface area contributed by atoms with Crippen molar-refractivity contribution in [1.29, 1.82) is 0 Å². The normalized spacial score (nSPS) is 16.1. The Hall–Kier alpha value is -2.47. The summed E-state index contributed by atoms with van der Waals surface area (Å²) in [5.41, 5.74) is 0.574. The first-order valence-corrected chi connectivity index (χ1v) is 8.27. The van der Waals surface area contributed by atoms with Gasteiger partial charge in [0.15, 0.2) is 0 Å². The second kappa shape index (κ2) is 7.61.